The molecule has 0 spiro atoms. The van der Waals surface area contributed by atoms with Crippen molar-refractivity contribution in [1.29, 1.82) is 0 Å². The van der Waals surface area contributed by atoms with Gasteiger partial charge in [-0.25, -0.2) is 0 Å². The Labute approximate surface area is 76.6 Å². The Bertz CT molecular complexity index is 243. The van der Waals surface area contributed by atoms with E-state index in [9.17, 15) is 9.59 Å². The highest BCUT2D eigenvalue weighted by molar-refractivity contribution is 5.90. The maximum Gasteiger partial charge on any atom is 0.325 e. The Balaban J connectivity index is 2.27. The van der Waals surface area contributed by atoms with Gasteiger partial charge in [-0.3, -0.25) is 9.59 Å². The molecule has 0 heterocycles. The van der Waals surface area contributed by atoms with E-state index in [0.717, 1.165) is 12.8 Å². The van der Waals surface area contributed by atoms with Gasteiger partial charge >= 0.3 is 5.97 Å². The Kier molecular flexibility index (Phi) is 3.06. The van der Waals surface area contributed by atoms with E-state index in [2.05, 4.69) is 5.32 Å². The van der Waals surface area contributed by atoms with Crippen LogP contribution in [-0.4, -0.2) is 23.0 Å². The summed E-state index contributed by atoms with van der Waals surface area (Å²) in [5.41, 5.74) is 0. The molecule has 1 amide bonds. The van der Waals surface area contributed by atoms with Gasteiger partial charge in [0, 0.05) is 0 Å². The fourth-order valence-corrected chi connectivity index (χ4v) is 0.835. The predicted octanol–water partition coefficient (Wildman–Crippen LogP) is 0.542. The number of aliphatic carboxylic acids is 1. The van der Waals surface area contributed by atoms with Gasteiger partial charge in [-0.2, -0.15) is 0 Å². The fraction of sp³-hybridized carbons (Fsp3) is 0.556. The molecule has 1 atom stereocenters. The minimum atomic E-state index is -1.02. The SMILES string of the molecule is CC(NC(=O)/C=C/C1CC1)C(=O)O. The fourth-order valence-electron chi connectivity index (χ4n) is 0.835. The highest BCUT2D eigenvalue weighted by atomic mass is 16.4. The minimum absolute atomic E-state index is 0.332. The molecule has 0 saturated heterocycles. The third kappa shape index (κ3) is 3.73. The van der Waals surface area contributed by atoms with Gasteiger partial charge < -0.3 is 10.4 Å². The quantitative estimate of drug-likeness (QED) is 0.625. The molecule has 1 aliphatic carbocycles. The van der Waals surface area contributed by atoms with Crippen LogP contribution in [0, 0.1) is 5.92 Å². The standard InChI is InChI=1S/C9H13NO3/c1-6(9(12)13)10-8(11)5-4-7-2-3-7/h4-7H,2-3H2,1H3,(H,10,11)(H,12,13)/b5-4+. The number of carboxylic acids is 1. The monoisotopic (exact) mass is 183 g/mol. The first-order chi connectivity index (χ1) is 6.09. The van der Waals surface area contributed by atoms with Gasteiger partial charge in [0.2, 0.25) is 5.91 Å². The van der Waals surface area contributed by atoms with Crippen molar-refractivity contribution >= 4 is 11.9 Å². The van der Waals surface area contributed by atoms with Crippen molar-refractivity contribution in [1.82, 2.24) is 5.32 Å². The second-order valence-electron chi connectivity index (χ2n) is 3.27. The van der Waals surface area contributed by atoms with Crippen molar-refractivity contribution in [2.24, 2.45) is 5.92 Å². The summed E-state index contributed by atoms with van der Waals surface area (Å²) in [4.78, 5) is 21.4. The van der Waals surface area contributed by atoms with Crippen LogP contribution in [0.25, 0.3) is 0 Å². The third-order valence-corrected chi connectivity index (χ3v) is 1.87. The largest absolute Gasteiger partial charge is 0.480 e. The van der Waals surface area contributed by atoms with E-state index in [1.807, 2.05) is 6.08 Å². The highest BCUT2D eigenvalue weighted by Gasteiger charge is 2.18. The van der Waals surface area contributed by atoms with Gasteiger partial charge in [0.1, 0.15) is 6.04 Å². The molecule has 4 nitrogen and oxygen atoms in total. The average molecular weight is 183 g/mol. The number of hydrogen-bond acceptors (Lipinski definition) is 2. The van der Waals surface area contributed by atoms with Crippen LogP contribution in [0.4, 0.5) is 0 Å². The smallest absolute Gasteiger partial charge is 0.325 e. The number of carboxylic acid groups (broad SMARTS) is 1. The van der Waals surface area contributed by atoms with Crippen LogP contribution in [0.2, 0.25) is 0 Å². The summed E-state index contributed by atoms with van der Waals surface area (Å²) in [6.45, 7) is 1.44. The van der Waals surface area contributed by atoms with Crippen molar-refractivity contribution in [3.8, 4) is 0 Å². The van der Waals surface area contributed by atoms with Crippen LogP contribution in [0.15, 0.2) is 12.2 Å². The van der Waals surface area contributed by atoms with Crippen LogP contribution in [0.5, 0.6) is 0 Å². The summed E-state index contributed by atoms with van der Waals surface area (Å²) in [5.74, 6) is -0.819. The van der Waals surface area contributed by atoms with Crippen molar-refractivity contribution in [2.45, 2.75) is 25.8 Å². The molecule has 0 aromatic heterocycles. The number of allylic oxidation sites excluding steroid dienone is 1. The van der Waals surface area contributed by atoms with Crippen molar-refractivity contribution in [3.63, 3.8) is 0 Å². The van der Waals surface area contributed by atoms with Gasteiger partial charge in [0.05, 0.1) is 0 Å². The lowest BCUT2D eigenvalue weighted by Crippen LogP contribution is -2.37. The van der Waals surface area contributed by atoms with Crippen LogP contribution in [-0.2, 0) is 9.59 Å². The lowest BCUT2D eigenvalue weighted by atomic mass is 10.3. The molecule has 4 heteroatoms. The molecule has 1 aliphatic rings. The first kappa shape index (κ1) is 9.77. The molecule has 1 saturated carbocycles. The van der Waals surface area contributed by atoms with E-state index in [0.29, 0.717) is 5.92 Å². The molecule has 2 N–H and O–H groups in total. The average Bonchev–Trinajstić information content (AvgIpc) is 2.83. The van der Waals surface area contributed by atoms with E-state index in [1.54, 1.807) is 0 Å². The van der Waals surface area contributed by atoms with Gasteiger partial charge in [-0.15, -0.1) is 0 Å². The van der Waals surface area contributed by atoms with E-state index in [4.69, 9.17) is 5.11 Å². The lowest BCUT2D eigenvalue weighted by Gasteiger charge is -2.05. The summed E-state index contributed by atoms with van der Waals surface area (Å²) in [6, 6.07) is -0.823. The molecule has 0 aromatic carbocycles. The third-order valence-electron chi connectivity index (χ3n) is 1.87. The van der Waals surface area contributed by atoms with Crippen LogP contribution in [0.1, 0.15) is 19.8 Å². The number of amides is 1. The molecule has 1 unspecified atom stereocenters. The van der Waals surface area contributed by atoms with Crippen LogP contribution in [0.3, 0.4) is 0 Å². The second-order valence-corrected chi connectivity index (χ2v) is 3.27. The first-order valence-electron chi connectivity index (χ1n) is 4.31. The molecule has 0 aliphatic heterocycles. The highest BCUT2D eigenvalue weighted by Crippen LogP contribution is 2.29. The molecule has 13 heavy (non-hydrogen) atoms. The number of carbonyl (C=O) groups excluding carboxylic acids is 1. The van der Waals surface area contributed by atoms with E-state index in [-0.39, 0.29) is 5.91 Å². The van der Waals surface area contributed by atoms with Crippen LogP contribution < -0.4 is 5.32 Å². The number of hydrogen-bond donors (Lipinski definition) is 2. The zero-order valence-electron chi connectivity index (χ0n) is 7.49. The molecule has 72 valence electrons. The van der Waals surface area contributed by atoms with Crippen LogP contribution >= 0.6 is 0 Å². The number of carbonyl (C=O) groups is 2. The maximum atomic E-state index is 11.0. The maximum absolute atomic E-state index is 11.0. The lowest BCUT2D eigenvalue weighted by molar-refractivity contribution is -0.140. The zero-order chi connectivity index (χ0) is 9.84. The van der Waals surface area contributed by atoms with Crippen molar-refractivity contribution in [3.05, 3.63) is 12.2 Å². The first-order valence-corrected chi connectivity index (χ1v) is 4.31. The molecular formula is C9H13NO3. The summed E-state index contributed by atoms with van der Waals surface area (Å²) in [6.07, 6.45) is 5.51. The van der Waals surface area contributed by atoms with Gasteiger partial charge in [-0.05, 0) is 31.8 Å². The summed E-state index contributed by atoms with van der Waals surface area (Å²) < 4.78 is 0. The molecule has 0 aromatic rings. The Morgan fingerprint density at radius 1 is 1.54 bits per heavy atom. The molecular weight excluding hydrogens is 170 g/mol. The summed E-state index contributed by atoms with van der Waals surface area (Å²) in [7, 11) is 0. The summed E-state index contributed by atoms with van der Waals surface area (Å²) in [5, 5.41) is 10.8. The molecule has 1 rings (SSSR count). The minimum Gasteiger partial charge on any atom is -0.480 e. The molecule has 1 fully saturated rings. The Hall–Kier alpha value is -1.32. The number of rotatable bonds is 4. The van der Waals surface area contributed by atoms with E-state index in [1.165, 1.54) is 13.0 Å². The number of nitrogens with one attached hydrogen (secondary N) is 1. The molecule has 0 radical (unpaired) electrons. The zero-order valence-corrected chi connectivity index (χ0v) is 7.49. The Morgan fingerprint density at radius 3 is 2.62 bits per heavy atom. The van der Waals surface area contributed by atoms with Crippen molar-refractivity contribution in [2.75, 3.05) is 0 Å². The van der Waals surface area contributed by atoms with E-state index >= 15 is 0 Å². The van der Waals surface area contributed by atoms with Gasteiger partial charge in [0.15, 0.2) is 0 Å². The van der Waals surface area contributed by atoms with Gasteiger partial charge in [0.25, 0.3) is 0 Å². The summed E-state index contributed by atoms with van der Waals surface area (Å²) >= 11 is 0. The van der Waals surface area contributed by atoms with E-state index < -0.39 is 12.0 Å². The normalized spacial score (nSPS) is 18.5. The second kappa shape index (κ2) is 4.07. The van der Waals surface area contributed by atoms with Crippen molar-refractivity contribution < 1.29 is 14.7 Å². The topological polar surface area (TPSA) is 66.4 Å². The predicted molar refractivity (Wildman–Crippen MR) is 47.1 cm³/mol. The van der Waals surface area contributed by atoms with Gasteiger partial charge in [-0.1, -0.05) is 6.08 Å². The molecule has 0 bridgehead atoms. The Morgan fingerprint density at radius 2 is 2.15 bits per heavy atom.